The Hall–Kier alpha value is -1.79. The molecule has 1 N–H and O–H groups in total. The molecule has 0 saturated heterocycles. The van der Waals surface area contributed by atoms with Crippen molar-refractivity contribution in [2.45, 2.75) is 13.3 Å². The summed E-state index contributed by atoms with van der Waals surface area (Å²) in [5.74, 6) is -1.44. The summed E-state index contributed by atoms with van der Waals surface area (Å²) in [6, 6.07) is 0. The first-order chi connectivity index (χ1) is 6.85. The monoisotopic (exact) mass is 221 g/mol. The Bertz CT molecular complexity index is 389. The molecule has 0 bridgehead atoms. The van der Waals surface area contributed by atoms with Gasteiger partial charge in [-0.3, -0.25) is 9.78 Å². The highest BCUT2D eigenvalue weighted by Gasteiger charge is 2.33. The topological polar surface area (TPSA) is 59.4 Å². The van der Waals surface area contributed by atoms with Crippen molar-refractivity contribution >= 4 is 6.29 Å². The van der Waals surface area contributed by atoms with Crippen molar-refractivity contribution in [2.24, 2.45) is 0 Å². The summed E-state index contributed by atoms with van der Waals surface area (Å²) >= 11 is 0. The first-order valence-electron chi connectivity index (χ1n) is 3.74. The number of aromatic hydroxyl groups is 1. The summed E-state index contributed by atoms with van der Waals surface area (Å²) in [7, 11) is 0. The molecule has 0 amide bonds. The number of nitrogens with zero attached hydrogens (tertiary/aromatic N) is 1. The second-order valence-corrected chi connectivity index (χ2v) is 2.64. The van der Waals surface area contributed by atoms with E-state index in [4.69, 9.17) is 0 Å². The molecule has 0 saturated carbocycles. The second-order valence-electron chi connectivity index (χ2n) is 2.64. The average molecular weight is 221 g/mol. The number of carbonyl (C=O) groups is 1. The van der Waals surface area contributed by atoms with Gasteiger partial charge in [0.25, 0.3) is 0 Å². The summed E-state index contributed by atoms with van der Waals surface area (Å²) in [5.41, 5.74) is -0.522. The molecule has 82 valence electrons. The highest BCUT2D eigenvalue weighted by molar-refractivity contribution is 5.83. The maximum absolute atomic E-state index is 11.8. The summed E-state index contributed by atoms with van der Waals surface area (Å²) in [6.07, 6.45) is -4.13. The number of aldehydes is 1. The number of pyridine rings is 1. The minimum Gasteiger partial charge on any atom is -0.505 e. The molecule has 0 aliphatic rings. The van der Waals surface area contributed by atoms with Crippen LogP contribution in [0.15, 0.2) is 6.20 Å². The number of hydrogen-bond acceptors (Lipinski definition) is 4. The molecule has 0 radical (unpaired) electrons. The minimum absolute atomic E-state index is 0.0478. The Morgan fingerprint density at radius 2 is 2.13 bits per heavy atom. The summed E-state index contributed by atoms with van der Waals surface area (Å²) in [5, 5.41) is 9.23. The molecule has 0 aliphatic heterocycles. The zero-order chi connectivity index (χ0) is 11.6. The Kier molecular flexibility index (Phi) is 2.83. The van der Waals surface area contributed by atoms with Crippen LogP contribution in [0.2, 0.25) is 0 Å². The number of halogens is 3. The van der Waals surface area contributed by atoms with Gasteiger partial charge < -0.3 is 9.84 Å². The molecule has 0 aliphatic carbocycles. The highest BCUT2D eigenvalue weighted by atomic mass is 19.4. The molecule has 1 rings (SSSR count). The molecule has 0 fully saturated rings. The fourth-order valence-electron chi connectivity index (χ4n) is 0.918. The number of rotatable bonds is 2. The number of aromatic nitrogens is 1. The predicted molar refractivity (Wildman–Crippen MR) is 42.7 cm³/mol. The summed E-state index contributed by atoms with van der Waals surface area (Å²) in [4.78, 5) is 13.9. The standard InChI is InChI=1S/C8H6F3NO3/c1-4-7(14)5(3-13)6(2-12-4)15-8(9,10)11/h2-3,14H,1H3. The lowest BCUT2D eigenvalue weighted by Gasteiger charge is -2.11. The number of alkyl halides is 3. The van der Waals surface area contributed by atoms with Crippen LogP contribution in [0.25, 0.3) is 0 Å². The van der Waals surface area contributed by atoms with E-state index in [-0.39, 0.29) is 12.0 Å². The Balaban J connectivity index is 3.19. The van der Waals surface area contributed by atoms with E-state index in [1.54, 1.807) is 0 Å². The van der Waals surface area contributed by atoms with E-state index in [0.717, 1.165) is 6.20 Å². The third-order valence-electron chi connectivity index (χ3n) is 1.58. The first kappa shape index (κ1) is 11.3. The van der Waals surface area contributed by atoms with Gasteiger partial charge in [0.2, 0.25) is 0 Å². The smallest absolute Gasteiger partial charge is 0.505 e. The fraction of sp³-hybridized carbons (Fsp3) is 0.250. The van der Waals surface area contributed by atoms with Crippen LogP contribution in [0.3, 0.4) is 0 Å². The van der Waals surface area contributed by atoms with Crippen LogP contribution < -0.4 is 4.74 Å². The van der Waals surface area contributed by atoms with Crippen LogP contribution in [0, 0.1) is 6.92 Å². The van der Waals surface area contributed by atoms with E-state index >= 15 is 0 Å². The van der Waals surface area contributed by atoms with E-state index in [1.807, 2.05) is 0 Å². The molecule has 1 aromatic rings. The molecule has 4 nitrogen and oxygen atoms in total. The number of carbonyl (C=O) groups excluding carboxylic acids is 1. The van der Waals surface area contributed by atoms with Gasteiger partial charge in [-0.1, -0.05) is 0 Å². The van der Waals surface area contributed by atoms with Crippen molar-refractivity contribution in [2.75, 3.05) is 0 Å². The molecule has 1 aromatic heterocycles. The lowest BCUT2D eigenvalue weighted by molar-refractivity contribution is -0.274. The zero-order valence-electron chi connectivity index (χ0n) is 7.50. The van der Waals surface area contributed by atoms with Gasteiger partial charge in [-0.25, -0.2) is 0 Å². The van der Waals surface area contributed by atoms with Crippen molar-refractivity contribution in [1.29, 1.82) is 0 Å². The number of hydrogen-bond donors (Lipinski definition) is 1. The Labute approximate surface area is 82.3 Å². The van der Waals surface area contributed by atoms with E-state index in [2.05, 4.69) is 9.72 Å². The first-order valence-corrected chi connectivity index (χ1v) is 3.74. The van der Waals surface area contributed by atoms with Gasteiger partial charge >= 0.3 is 6.36 Å². The molecule has 15 heavy (non-hydrogen) atoms. The van der Waals surface area contributed by atoms with Crippen molar-refractivity contribution in [3.63, 3.8) is 0 Å². The SMILES string of the molecule is Cc1ncc(OC(F)(F)F)c(C=O)c1O. The average Bonchev–Trinajstić information content (AvgIpc) is 2.10. The molecule has 0 unspecified atom stereocenters. The molecular weight excluding hydrogens is 215 g/mol. The van der Waals surface area contributed by atoms with E-state index in [9.17, 15) is 23.1 Å². The maximum atomic E-state index is 11.8. The zero-order valence-corrected chi connectivity index (χ0v) is 7.50. The van der Waals surface area contributed by atoms with Crippen LogP contribution in [-0.2, 0) is 0 Å². The number of ether oxygens (including phenoxy) is 1. The van der Waals surface area contributed by atoms with Crippen LogP contribution in [0.1, 0.15) is 16.1 Å². The minimum atomic E-state index is -4.93. The third-order valence-corrected chi connectivity index (χ3v) is 1.58. The van der Waals surface area contributed by atoms with E-state index in [1.165, 1.54) is 6.92 Å². The van der Waals surface area contributed by atoms with E-state index < -0.39 is 23.4 Å². The quantitative estimate of drug-likeness (QED) is 0.773. The van der Waals surface area contributed by atoms with Crippen molar-refractivity contribution in [1.82, 2.24) is 4.98 Å². The van der Waals surface area contributed by atoms with Crippen LogP contribution in [-0.4, -0.2) is 22.7 Å². The van der Waals surface area contributed by atoms with Gasteiger partial charge in [-0.2, -0.15) is 0 Å². The van der Waals surface area contributed by atoms with Crippen molar-refractivity contribution in [3.05, 3.63) is 17.5 Å². The van der Waals surface area contributed by atoms with Gasteiger partial charge in [-0.05, 0) is 6.92 Å². The van der Waals surface area contributed by atoms with Gasteiger partial charge in [-0.15, -0.1) is 13.2 Å². The maximum Gasteiger partial charge on any atom is 0.573 e. The summed E-state index contributed by atoms with van der Waals surface area (Å²) < 4.78 is 39.0. The number of aryl methyl sites for hydroxylation is 1. The normalized spacial score (nSPS) is 11.2. The summed E-state index contributed by atoms with van der Waals surface area (Å²) in [6.45, 7) is 1.35. The largest absolute Gasteiger partial charge is 0.573 e. The Morgan fingerprint density at radius 1 is 1.53 bits per heavy atom. The van der Waals surface area contributed by atoms with Gasteiger partial charge in [0.1, 0.15) is 5.56 Å². The lowest BCUT2D eigenvalue weighted by Crippen LogP contribution is -2.18. The Morgan fingerprint density at radius 3 is 2.60 bits per heavy atom. The van der Waals surface area contributed by atoms with Gasteiger partial charge in [0, 0.05) is 0 Å². The van der Waals surface area contributed by atoms with Crippen LogP contribution in [0.5, 0.6) is 11.5 Å². The third kappa shape index (κ3) is 2.58. The molecule has 1 heterocycles. The highest BCUT2D eigenvalue weighted by Crippen LogP contribution is 2.31. The lowest BCUT2D eigenvalue weighted by atomic mass is 10.2. The molecular formula is C8H6F3NO3. The van der Waals surface area contributed by atoms with Gasteiger partial charge in [0.15, 0.2) is 17.8 Å². The fourth-order valence-corrected chi connectivity index (χ4v) is 0.918. The van der Waals surface area contributed by atoms with E-state index in [0.29, 0.717) is 0 Å². The molecule has 0 atom stereocenters. The van der Waals surface area contributed by atoms with Crippen molar-refractivity contribution < 1.29 is 27.8 Å². The molecule has 7 heteroatoms. The van der Waals surface area contributed by atoms with Crippen molar-refractivity contribution in [3.8, 4) is 11.5 Å². The predicted octanol–water partition coefficient (Wildman–Crippen LogP) is 1.81. The van der Waals surface area contributed by atoms with Gasteiger partial charge in [0.05, 0.1) is 11.9 Å². The molecule has 0 spiro atoms. The van der Waals surface area contributed by atoms with Crippen LogP contribution in [0.4, 0.5) is 13.2 Å². The molecule has 0 aromatic carbocycles. The second kappa shape index (κ2) is 3.76. The van der Waals surface area contributed by atoms with Crippen LogP contribution >= 0.6 is 0 Å².